The standard InChI is InChI=1S/C18H28N2OS/c1-14-10-16(19-11-15-6-3-2-4-7-15)13-20(12-14)18(21)17-8-5-9-22-17/h5,8-9,14-16,19H,2-4,6-7,10-13H2,1H3. The third kappa shape index (κ3) is 4.11. The zero-order chi connectivity index (χ0) is 15.4. The maximum absolute atomic E-state index is 12.6. The quantitative estimate of drug-likeness (QED) is 0.916. The van der Waals surface area contributed by atoms with Gasteiger partial charge in [0.15, 0.2) is 0 Å². The van der Waals surface area contributed by atoms with E-state index in [1.54, 1.807) is 11.3 Å². The van der Waals surface area contributed by atoms with Crippen LogP contribution >= 0.6 is 11.3 Å². The minimum Gasteiger partial charge on any atom is -0.336 e. The highest BCUT2D eigenvalue weighted by molar-refractivity contribution is 7.12. The van der Waals surface area contributed by atoms with Crippen molar-refractivity contribution in [3.63, 3.8) is 0 Å². The van der Waals surface area contributed by atoms with Gasteiger partial charge in [-0.3, -0.25) is 4.79 Å². The lowest BCUT2D eigenvalue weighted by Gasteiger charge is -2.37. The van der Waals surface area contributed by atoms with Gasteiger partial charge in [0.1, 0.15) is 0 Å². The molecule has 2 heterocycles. The summed E-state index contributed by atoms with van der Waals surface area (Å²) in [7, 11) is 0. The second kappa shape index (κ2) is 7.60. The van der Waals surface area contributed by atoms with Crippen LogP contribution in [-0.4, -0.2) is 36.5 Å². The largest absolute Gasteiger partial charge is 0.336 e. The average molecular weight is 321 g/mol. The SMILES string of the molecule is CC1CC(NCC2CCCCC2)CN(C(=O)c2cccs2)C1. The maximum Gasteiger partial charge on any atom is 0.263 e. The smallest absolute Gasteiger partial charge is 0.263 e. The van der Waals surface area contributed by atoms with Gasteiger partial charge in [-0.25, -0.2) is 0 Å². The zero-order valence-corrected chi connectivity index (χ0v) is 14.4. The fraction of sp³-hybridized carbons (Fsp3) is 0.722. The molecule has 2 atom stereocenters. The molecule has 0 radical (unpaired) electrons. The molecule has 1 saturated carbocycles. The summed E-state index contributed by atoms with van der Waals surface area (Å²) in [6, 6.07) is 4.37. The van der Waals surface area contributed by atoms with E-state index in [1.807, 2.05) is 17.5 Å². The van der Waals surface area contributed by atoms with Gasteiger partial charge in [-0.05, 0) is 49.1 Å². The lowest BCUT2D eigenvalue weighted by atomic mass is 9.88. The number of carbonyl (C=O) groups excluding carboxylic acids is 1. The van der Waals surface area contributed by atoms with Gasteiger partial charge < -0.3 is 10.2 Å². The lowest BCUT2D eigenvalue weighted by Crippen LogP contribution is -2.51. The van der Waals surface area contributed by atoms with Crippen molar-refractivity contribution >= 4 is 17.2 Å². The van der Waals surface area contributed by atoms with E-state index >= 15 is 0 Å². The highest BCUT2D eigenvalue weighted by atomic mass is 32.1. The number of carbonyl (C=O) groups is 1. The number of nitrogens with zero attached hydrogens (tertiary/aromatic N) is 1. The van der Waals surface area contributed by atoms with E-state index in [0.29, 0.717) is 12.0 Å². The van der Waals surface area contributed by atoms with E-state index in [-0.39, 0.29) is 5.91 Å². The molecule has 22 heavy (non-hydrogen) atoms. The molecule has 0 bridgehead atoms. The van der Waals surface area contributed by atoms with Crippen molar-refractivity contribution in [2.45, 2.75) is 51.5 Å². The summed E-state index contributed by atoms with van der Waals surface area (Å²) >= 11 is 1.55. The van der Waals surface area contributed by atoms with Crippen molar-refractivity contribution in [3.05, 3.63) is 22.4 Å². The van der Waals surface area contributed by atoms with Crippen LogP contribution in [0.15, 0.2) is 17.5 Å². The third-order valence-electron chi connectivity index (χ3n) is 5.10. The predicted molar refractivity (Wildman–Crippen MR) is 92.4 cm³/mol. The van der Waals surface area contributed by atoms with Gasteiger partial charge in [-0.15, -0.1) is 11.3 Å². The summed E-state index contributed by atoms with van der Waals surface area (Å²) in [6.07, 6.45) is 8.17. The molecule has 0 spiro atoms. The minimum atomic E-state index is 0.214. The van der Waals surface area contributed by atoms with E-state index in [9.17, 15) is 4.79 Å². The molecule has 122 valence electrons. The van der Waals surface area contributed by atoms with Crippen molar-refractivity contribution in [3.8, 4) is 0 Å². The Kier molecular flexibility index (Phi) is 5.53. The Labute approximate surface area is 138 Å². The molecule has 3 rings (SSSR count). The van der Waals surface area contributed by atoms with E-state index in [2.05, 4.69) is 17.1 Å². The van der Waals surface area contributed by atoms with Crippen LogP contribution in [0.2, 0.25) is 0 Å². The van der Waals surface area contributed by atoms with Gasteiger partial charge in [0.25, 0.3) is 5.91 Å². The van der Waals surface area contributed by atoms with Crippen LogP contribution in [0.3, 0.4) is 0 Å². The van der Waals surface area contributed by atoms with Gasteiger partial charge >= 0.3 is 0 Å². The number of piperidine rings is 1. The van der Waals surface area contributed by atoms with Gasteiger partial charge in [0.05, 0.1) is 4.88 Å². The topological polar surface area (TPSA) is 32.3 Å². The Bertz CT molecular complexity index is 467. The van der Waals surface area contributed by atoms with Crippen molar-refractivity contribution in [2.75, 3.05) is 19.6 Å². The first-order chi connectivity index (χ1) is 10.7. The summed E-state index contributed by atoms with van der Waals surface area (Å²) in [6.45, 7) is 5.17. The summed E-state index contributed by atoms with van der Waals surface area (Å²) < 4.78 is 0. The third-order valence-corrected chi connectivity index (χ3v) is 5.96. The lowest BCUT2D eigenvalue weighted by molar-refractivity contribution is 0.0642. The maximum atomic E-state index is 12.6. The predicted octanol–water partition coefficient (Wildman–Crippen LogP) is 3.77. The molecule has 1 saturated heterocycles. The van der Waals surface area contributed by atoms with Crippen LogP contribution in [0.1, 0.15) is 55.1 Å². The number of thiophene rings is 1. The van der Waals surface area contributed by atoms with Crippen molar-refractivity contribution in [1.82, 2.24) is 10.2 Å². The Hall–Kier alpha value is -0.870. The van der Waals surface area contributed by atoms with Crippen LogP contribution in [-0.2, 0) is 0 Å². The molecule has 1 N–H and O–H groups in total. The molecule has 1 aliphatic heterocycles. The molecule has 1 aromatic rings. The first kappa shape index (κ1) is 16.0. The number of hydrogen-bond donors (Lipinski definition) is 1. The molecule has 1 aromatic heterocycles. The van der Waals surface area contributed by atoms with Crippen molar-refractivity contribution in [2.24, 2.45) is 11.8 Å². The molecule has 2 aliphatic rings. The average Bonchev–Trinajstić information content (AvgIpc) is 3.07. The second-order valence-electron chi connectivity index (χ2n) is 7.14. The second-order valence-corrected chi connectivity index (χ2v) is 8.09. The monoisotopic (exact) mass is 320 g/mol. The molecule has 3 nitrogen and oxygen atoms in total. The zero-order valence-electron chi connectivity index (χ0n) is 13.6. The Morgan fingerprint density at radius 2 is 2.14 bits per heavy atom. The van der Waals surface area contributed by atoms with Crippen LogP contribution < -0.4 is 5.32 Å². The molecule has 1 amide bonds. The highest BCUT2D eigenvalue weighted by Gasteiger charge is 2.29. The number of amides is 1. The summed E-state index contributed by atoms with van der Waals surface area (Å²) in [5.74, 6) is 1.65. The minimum absolute atomic E-state index is 0.214. The molecule has 2 unspecified atom stereocenters. The summed E-state index contributed by atoms with van der Waals surface area (Å²) in [4.78, 5) is 15.5. The Morgan fingerprint density at radius 3 is 2.86 bits per heavy atom. The fourth-order valence-electron chi connectivity index (χ4n) is 3.95. The highest BCUT2D eigenvalue weighted by Crippen LogP contribution is 2.24. The number of rotatable bonds is 4. The number of hydrogen-bond acceptors (Lipinski definition) is 3. The van der Waals surface area contributed by atoms with Gasteiger partial charge in [0.2, 0.25) is 0 Å². The van der Waals surface area contributed by atoms with E-state index in [1.165, 1.54) is 38.5 Å². The number of nitrogens with one attached hydrogen (secondary N) is 1. The molecule has 1 aliphatic carbocycles. The molecule has 4 heteroatoms. The van der Waals surface area contributed by atoms with Crippen LogP contribution in [0.5, 0.6) is 0 Å². The van der Waals surface area contributed by atoms with E-state index in [0.717, 1.165) is 30.4 Å². The van der Waals surface area contributed by atoms with Crippen LogP contribution in [0.4, 0.5) is 0 Å². The first-order valence-corrected chi connectivity index (χ1v) is 9.66. The van der Waals surface area contributed by atoms with Gasteiger partial charge in [-0.2, -0.15) is 0 Å². The van der Waals surface area contributed by atoms with E-state index in [4.69, 9.17) is 0 Å². The van der Waals surface area contributed by atoms with Crippen LogP contribution in [0.25, 0.3) is 0 Å². The molecule has 2 fully saturated rings. The summed E-state index contributed by atoms with van der Waals surface area (Å²) in [5, 5.41) is 5.75. The van der Waals surface area contributed by atoms with Gasteiger partial charge in [-0.1, -0.05) is 32.3 Å². The number of likely N-dealkylation sites (tertiary alicyclic amines) is 1. The van der Waals surface area contributed by atoms with Crippen LogP contribution in [0, 0.1) is 11.8 Å². The van der Waals surface area contributed by atoms with Crippen molar-refractivity contribution < 1.29 is 4.79 Å². The molecule has 0 aromatic carbocycles. The Balaban J connectivity index is 1.53. The fourth-order valence-corrected chi connectivity index (χ4v) is 4.64. The molecular weight excluding hydrogens is 292 g/mol. The molecular formula is C18H28N2OS. The Morgan fingerprint density at radius 1 is 1.32 bits per heavy atom. The normalized spacial score (nSPS) is 27.0. The summed E-state index contributed by atoms with van der Waals surface area (Å²) in [5.41, 5.74) is 0. The van der Waals surface area contributed by atoms with Crippen molar-refractivity contribution in [1.29, 1.82) is 0 Å². The van der Waals surface area contributed by atoms with E-state index < -0.39 is 0 Å². The first-order valence-electron chi connectivity index (χ1n) is 8.78. The van der Waals surface area contributed by atoms with Gasteiger partial charge in [0, 0.05) is 19.1 Å².